The number of hydrogen-bond acceptors (Lipinski definition) is 6. The Labute approximate surface area is 241 Å². The number of alkyl halides is 3. The minimum absolute atomic E-state index is 0.0732. The second-order valence-electron chi connectivity index (χ2n) is 11.2. The molecule has 5 rings (SSSR count). The minimum Gasteiger partial charge on any atom is -0.493 e. The van der Waals surface area contributed by atoms with Crippen molar-refractivity contribution in [1.82, 2.24) is 0 Å². The van der Waals surface area contributed by atoms with Gasteiger partial charge >= 0.3 is 12.1 Å². The first-order valence-electron chi connectivity index (χ1n) is 13.7. The molecule has 0 saturated carbocycles. The third kappa shape index (κ3) is 6.33. The van der Waals surface area contributed by atoms with Crippen LogP contribution in [0.4, 0.5) is 17.6 Å². The van der Waals surface area contributed by atoms with Crippen molar-refractivity contribution in [1.29, 1.82) is 0 Å². The predicted octanol–water partition coefficient (Wildman–Crippen LogP) is 7.16. The molecule has 6 nitrogen and oxygen atoms in total. The maximum Gasteiger partial charge on any atom is 0.417 e. The van der Waals surface area contributed by atoms with Gasteiger partial charge in [0.15, 0.2) is 0 Å². The van der Waals surface area contributed by atoms with Crippen LogP contribution in [0.5, 0.6) is 17.2 Å². The zero-order valence-corrected chi connectivity index (χ0v) is 23.5. The SMILES string of the molecule is COC(=O)C[C@@H]1COc2cc(O[C@@H]3CCc4c(-c5ccc(OCCC(C)(C)O)cc5)c(C(F)(F)F)cc(F)c43)ccc21. The van der Waals surface area contributed by atoms with Gasteiger partial charge in [-0.25, -0.2) is 4.39 Å². The number of esters is 1. The van der Waals surface area contributed by atoms with Crippen LogP contribution in [0.2, 0.25) is 0 Å². The molecule has 2 aliphatic rings. The molecule has 10 heteroatoms. The molecule has 0 bridgehead atoms. The van der Waals surface area contributed by atoms with Crippen LogP contribution in [-0.4, -0.2) is 37.0 Å². The van der Waals surface area contributed by atoms with Gasteiger partial charge in [0.2, 0.25) is 0 Å². The van der Waals surface area contributed by atoms with Crippen LogP contribution in [-0.2, 0) is 22.1 Å². The molecular formula is C32H32F4O6. The Morgan fingerprint density at radius 1 is 1.07 bits per heavy atom. The van der Waals surface area contributed by atoms with Gasteiger partial charge in [0.05, 0.1) is 37.9 Å². The molecule has 224 valence electrons. The van der Waals surface area contributed by atoms with Crippen LogP contribution in [0.25, 0.3) is 11.1 Å². The monoisotopic (exact) mass is 588 g/mol. The first-order chi connectivity index (χ1) is 19.8. The van der Waals surface area contributed by atoms with E-state index >= 15 is 4.39 Å². The zero-order valence-electron chi connectivity index (χ0n) is 23.5. The molecule has 0 spiro atoms. The summed E-state index contributed by atoms with van der Waals surface area (Å²) >= 11 is 0. The Hall–Kier alpha value is -3.79. The third-order valence-electron chi connectivity index (χ3n) is 7.62. The number of rotatable bonds is 9. The van der Waals surface area contributed by atoms with E-state index in [4.69, 9.17) is 18.9 Å². The Kier molecular flexibility index (Phi) is 8.11. The van der Waals surface area contributed by atoms with Gasteiger partial charge in [-0.1, -0.05) is 18.2 Å². The van der Waals surface area contributed by atoms with E-state index in [1.165, 1.54) is 19.2 Å². The fourth-order valence-corrected chi connectivity index (χ4v) is 5.50. The van der Waals surface area contributed by atoms with Crippen molar-refractivity contribution >= 4 is 5.97 Å². The normalized spacial score (nSPS) is 17.8. The van der Waals surface area contributed by atoms with E-state index in [2.05, 4.69) is 0 Å². The van der Waals surface area contributed by atoms with Crippen LogP contribution >= 0.6 is 0 Å². The van der Waals surface area contributed by atoms with Gasteiger partial charge in [0.1, 0.15) is 29.2 Å². The predicted molar refractivity (Wildman–Crippen MR) is 146 cm³/mol. The number of carbonyl (C=O) groups excluding carboxylic acids is 1. The molecule has 1 heterocycles. The molecule has 0 saturated heterocycles. The van der Waals surface area contributed by atoms with E-state index in [9.17, 15) is 23.1 Å². The number of ether oxygens (including phenoxy) is 4. The summed E-state index contributed by atoms with van der Waals surface area (Å²) in [5, 5.41) is 9.86. The lowest BCUT2D eigenvalue weighted by Gasteiger charge is -2.21. The summed E-state index contributed by atoms with van der Waals surface area (Å²) in [6, 6.07) is 11.9. The first-order valence-corrected chi connectivity index (χ1v) is 13.7. The van der Waals surface area contributed by atoms with E-state index in [1.807, 2.05) is 0 Å². The van der Waals surface area contributed by atoms with Crippen LogP contribution in [0, 0.1) is 5.82 Å². The fourth-order valence-electron chi connectivity index (χ4n) is 5.50. The second kappa shape index (κ2) is 11.5. The number of carbonyl (C=O) groups is 1. The van der Waals surface area contributed by atoms with Gasteiger partial charge in [0.25, 0.3) is 0 Å². The Morgan fingerprint density at radius 2 is 1.79 bits per heavy atom. The maximum absolute atomic E-state index is 15.4. The average Bonchev–Trinajstić information content (AvgIpc) is 3.52. The van der Waals surface area contributed by atoms with Crippen molar-refractivity contribution in [2.24, 2.45) is 0 Å². The molecule has 42 heavy (non-hydrogen) atoms. The summed E-state index contributed by atoms with van der Waals surface area (Å²) in [7, 11) is 1.32. The number of aliphatic hydroxyl groups is 1. The highest BCUT2D eigenvalue weighted by atomic mass is 19.4. The molecule has 1 N–H and O–H groups in total. The number of methoxy groups -OCH3 is 1. The summed E-state index contributed by atoms with van der Waals surface area (Å²) in [4.78, 5) is 11.7. The quantitative estimate of drug-likeness (QED) is 0.211. The van der Waals surface area contributed by atoms with Gasteiger partial charge < -0.3 is 24.1 Å². The highest BCUT2D eigenvalue weighted by Crippen LogP contribution is 2.48. The Bertz CT molecular complexity index is 1460. The average molecular weight is 589 g/mol. The second-order valence-corrected chi connectivity index (χ2v) is 11.2. The van der Waals surface area contributed by atoms with E-state index in [0.29, 0.717) is 42.8 Å². The van der Waals surface area contributed by atoms with Crippen LogP contribution in [0.3, 0.4) is 0 Å². The molecule has 0 fully saturated rings. The zero-order chi connectivity index (χ0) is 30.2. The van der Waals surface area contributed by atoms with Crippen LogP contribution < -0.4 is 14.2 Å². The lowest BCUT2D eigenvalue weighted by molar-refractivity contribution is -0.141. The summed E-state index contributed by atoms with van der Waals surface area (Å²) in [6.07, 6.45) is -4.53. The van der Waals surface area contributed by atoms with Crippen molar-refractivity contribution in [3.63, 3.8) is 0 Å². The minimum atomic E-state index is -4.77. The van der Waals surface area contributed by atoms with E-state index in [1.54, 1.807) is 44.2 Å². The van der Waals surface area contributed by atoms with Gasteiger partial charge in [-0.05, 0) is 67.6 Å². The number of benzene rings is 3. The molecule has 0 amide bonds. The standard InChI is InChI=1S/C32H32F4O6/c1-31(2,38)12-13-40-20-6-4-18(5-7-20)29-23-10-11-26(30(23)25(33)16-24(29)32(34,35)36)42-21-8-9-22-19(14-28(37)39-3)17-41-27(22)15-21/h4-9,15-16,19,26,38H,10-14,17H2,1-3H3/t19-,26-/m1/s1. The topological polar surface area (TPSA) is 74.2 Å². The molecule has 1 aliphatic heterocycles. The van der Waals surface area contributed by atoms with E-state index < -0.39 is 29.3 Å². The summed E-state index contributed by atoms with van der Waals surface area (Å²) < 4.78 is 80.1. The Morgan fingerprint density at radius 3 is 2.45 bits per heavy atom. The van der Waals surface area contributed by atoms with Gasteiger partial charge in [-0.2, -0.15) is 13.2 Å². The third-order valence-corrected chi connectivity index (χ3v) is 7.62. The summed E-state index contributed by atoms with van der Waals surface area (Å²) in [5.74, 6) is -0.101. The maximum atomic E-state index is 15.4. The lowest BCUT2D eigenvalue weighted by atomic mass is 9.91. The highest BCUT2D eigenvalue weighted by Gasteiger charge is 2.40. The smallest absolute Gasteiger partial charge is 0.417 e. The van der Waals surface area contributed by atoms with Crippen molar-refractivity contribution in [2.45, 2.75) is 63.3 Å². The molecule has 1 aliphatic carbocycles. The van der Waals surface area contributed by atoms with Crippen molar-refractivity contribution < 1.29 is 46.4 Å². The molecule has 0 radical (unpaired) electrons. The van der Waals surface area contributed by atoms with Crippen molar-refractivity contribution in [3.8, 4) is 28.4 Å². The largest absolute Gasteiger partial charge is 0.493 e. The molecule has 0 unspecified atom stereocenters. The summed E-state index contributed by atoms with van der Waals surface area (Å²) in [5.41, 5.74) is -0.540. The number of fused-ring (bicyclic) bond motifs is 2. The Balaban J connectivity index is 1.42. The van der Waals surface area contributed by atoms with Gasteiger partial charge in [-0.3, -0.25) is 4.79 Å². The molecule has 2 atom stereocenters. The fraction of sp³-hybridized carbons (Fsp3) is 0.406. The molecule has 3 aromatic rings. The van der Waals surface area contributed by atoms with Crippen molar-refractivity contribution in [3.05, 3.63) is 76.6 Å². The molecular weight excluding hydrogens is 556 g/mol. The summed E-state index contributed by atoms with van der Waals surface area (Å²) in [6.45, 7) is 3.86. The lowest BCUT2D eigenvalue weighted by Crippen LogP contribution is -2.21. The molecule has 3 aromatic carbocycles. The van der Waals surface area contributed by atoms with Gasteiger partial charge in [-0.15, -0.1) is 0 Å². The molecule has 0 aromatic heterocycles. The van der Waals surface area contributed by atoms with E-state index in [0.717, 1.165) is 5.56 Å². The first kappa shape index (κ1) is 29.7. The van der Waals surface area contributed by atoms with E-state index in [-0.39, 0.29) is 53.6 Å². The van der Waals surface area contributed by atoms with Crippen LogP contribution in [0.1, 0.15) is 67.4 Å². The number of halogens is 4. The highest BCUT2D eigenvalue weighted by molar-refractivity contribution is 5.75. The van der Waals surface area contributed by atoms with Crippen LogP contribution in [0.15, 0.2) is 48.5 Å². The number of hydrogen-bond donors (Lipinski definition) is 1. The van der Waals surface area contributed by atoms with Gasteiger partial charge in [0, 0.05) is 29.5 Å². The van der Waals surface area contributed by atoms with Crippen molar-refractivity contribution in [2.75, 3.05) is 20.3 Å².